The maximum Gasteiger partial charge on any atom is 0.254 e. The number of hydrogen-bond donors (Lipinski definition) is 0. The monoisotopic (exact) mass is 504 g/mol. The van der Waals surface area contributed by atoms with Gasteiger partial charge in [0.1, 0.15) is 0 Å². The van der Waals surface area contributed by atoms with Crippen LogP contribution in [0, 0.1) is 5.92 Å². The second-order valence-electron chi connectivity index (χ2n) is 8.77. The molecule has 1 fully saturated rings. The van der Waals surface area contributed by atoms with E-state index in [1.807, 2.05) is 13.8 Å². The standard InChI is InChI=1S/C26H33ClN2O6/c1-17(2)14-29(26(31)19-12-22(32-3)24(34-5)23(13-19)33-4)16-21-15-28(10-11-35-21)25(30)18-6-8-20(27)9-7-18/h6-9,12-13,17,21H,10-11,14-16H2,1-5H3. The molecule has 1 aliphatic rings. The lowest BCUT2D eigenvalue weighted by atomic mass is 10.1. The first-order valence-electron chi connectivity index (χ1n) is 11.5. The topological polar surface area (TPSA) is 77.5 Å². The van der Waals surface area contributed by atoms with Crippen molar-refractivity contribution in [3.8, 4) is 17.2 Å². The smallest absolute Gasteiger partial charge is 0.254 e. The summed E-state index contributed by atoms with van der Waals surface area (Å²) < 4.78 is 22.2. The Kier molecular flexibility index (Phi) is 9.23. The zero-order chi connectivity index (χ0) is 25.5. The lowest BCUT2D eigenvalue weighted by molar-refractivity contribution is -0.0340. The summed E-state index contributed by atoms with van der Waals surface area (Å²) in [4.78, 5) is 30.1. The molecule has 3 rings (SSSR count). The van der Waals surface area contributed by atoms with E-state index in [2.05, 4.69) is 0 Å². The van der Waals surface area contributed by atoms with Crippen LogP contribution in [0.4, 0.5) is 0 Å². The molecule has 9 heteroatoms. The maximum atomic E-state index is 13.6. The molecule has 1 unspecified atom stereocenters. The molecule has 190 valence electrons. The quantitative estimate of drug-likeness (QED) is 0.513. The highest BCUT2D eigenvalue weighted by Gasteiger charge is 2.29. The highest BCUT2D eigenvalue weighted by atomic mass is 35.5. The van der Waals surface area contributed by atoms with E-state index in [0.717, 1.165) is 0 Å². The van der Waals surface area contributed by atoms with Crippen molar-refractivity contribution in [3.63, 3.8) is 0 Å². The van der Waals surface area contributed by atoms with Crippen molar-refractivity contribution < 1.29 is 28.5 Å². The van der Waals surface area contributed by atoms with Crippen LogP contribution in [0.15, 0.2) is 36.4 Å². The fraction of sp³-hybridized carbons (Fsp3) is 0.462. The van der Waals surface area contributed by atoms with E-state index in [9.17, 15) is 9.59 Å². The molecule has 0 aliphatic carbocycles. The number of nitrogens with zero attached hydrogens (tertiary/aromatic N) is 2. The Hall–Kier alpha value is -2.97. The van der Waals surface area contributed by atoms with Gasteiger partial charge in [-0.15, -0.1) is 0 Å². The third-order valence-corrected chi connectivity index (χ3v) is 5.98. The molecule has 1 heterocycles. The Labute approximate surface area is 211 Å². The second kappa shape index (κ2) is 12.1. The van der Waals surface area contributed by atoms with Gasteiger partial charge in [-0.25, -0.2) is 0 Å². The average molecular weight is 505 g/mol. The molecular formula is C26H33ClN2O6. The first-order chi connectivity index (χ1) is 16.8. The molecule has 0 spiro atoms. The van der Waals surface area contributed by atoms with Gasteiger partial charge in [-0.05, 0) is 42.3 Å². The van der Waals surface area contributed by atoms with E-state index in [4.69, 9.17) is 30.5 Å². The van der Waals surface area contributed by atoms with Gasteiger partial charge in [0.15, 0.2) is 11.5 Å². The predicted octanol–water partition coefficient (Wildman–Crippen LogP) is 4.01. The summed E-state index contributed by atoms with van der Waals surface area (Å²) in [6.07, 6.45) is -0.315. The molecule has 1 atom stereocenters. The number of amides is 2. The van der Waals surface area contributed by atoms with Crippen LogP contribution in [-0.4, -0.2) is 81.8 Å². The number of hydrogen-bond acceptors (Lipinski definition) is 6. The molecule has 0 bridgehead atoms. The summed E-state index contributed by atoms with van der Waals surface area (Å²) in [7, 11) is 4.55. The number of carbonyl (C=O) groups excluding carboxylic acids is 2. The van der Waals surface area contributed by atoms with Crippen molar-refractivity contribution in [3.05, 3.63) is 52.5 Å². The molecule has 0 aromatic heterocycles. The van der Waals surface area contributed by atoms with Gasteiger partial charge >= 0.3 is 0 Å². The number of morpholine rings is 1. The van der Waals surface area contributed by atoms with Gasteiger partial charge in [0.25, 0.3) is 11.8 Å². The van der Waals surface area contributed by atoms with E-state index < -0.39 is 0 Å². The lowest BCUT2D eigenvalue weighted by Gasteiger charge is -2.36. The van der Waals surface area contributed by atoms with Crippen molar-refractivity contribution >= 4 is 23.4 Å². The summed E-state index contributed by atoms with van der Waals surface area (Å²) in [6.45, 7) is 6.25. The van der Waals surface area contributed by atoms with Crippen LogP contribution in [0.3, 0.4) is 0 Å². The third-order valence-electron chi connectivity index (χ3n) is 5.73. The number of benzene rings is 2. The molecule has 0 radical (unpaired) electrons. The van der Waals surface area contributed by atoms with Crippen LogP contribution < -0.4 is 14.2 Å². The minimum absolute atomic E-state index is 0.0821. The van der Waals surface area contributed by atoms with Crippen molar-refractivity contribution in [1.29, 1.82) is 0 Å². The van der Waals surface area contributed by atoms with Gasteiger partial charge in [0.05, 0.1) is 34.0 Å². The van der Waals surface area contributed by atoms with Gasteiger partial charge in [0, 0.05) is 42.3 Å². The first-order valence-corrected chi connectivity index (χ1v) is 11.9. The summed E-state index contributed by atoms with van der Waals surface area (Å²) in [5.74, 6) is 1.22. The zero-order valence-electron chi connectivity index (χ0n) is 20.9. The SMILES string of the molecule is COc1cc(C(=O)N(CC(C)C)CC2CN(C(=O)c3ccc(Cl)cc3)CCO2)cc(OC)c1OC. The molecule has 2 aromatic rings. The highest BCUT2D eigenvalue weighted by molar-refractivity contribution is 6.30. The minimum Gasteiger partial charge on any atom is -0.493 e. The van der Waals surface area contributed by atoms with E-state index in [1.54, 1.807) is 46.2 Å². The number of halogens is 1. The van der Waals surface area contributed by atoms with Crippen molar-refractivity contribution in [2.45, 2.75) is 20.0 Å². The Balaban J connectivity index is 1.79. The summed E-state index contributed by atoms with van der Waals surface area (Å²) in [5, 5.41) is 0.580. The fourth-order valence-corrected chi connectivity index (χ4v) is 4.23. The second-order valence-corrected chi connectivity index (χ2v) is 9.21. The van der Waals surface area contributed by atoms with Crippen LogP contribution >= 0.6 is 11.6 Å². The zero-order valence-corrected chi connectivity index (χ0v) is 21.6. The van der Waals surface area contributed by atoms with Gasteiger partial charge in [-0.2, -0.15) is 0 Å². The van der Waals surface area contributed by atoms with E-state index >= 15 is 0 Å². The Morgan fingerprint density at radius 2 is 1.69 bits per heavy atom. The Bertz CT molecular complexity index is 1000. The highest BCUT2D eigenvalue weighted by Crippen LogP contribution is 2.38. The van der Waals surface area contributed by atoms with Crippen molar-refractivity contribution in [2.24, 2.45) is 5.92 Å². The van der Waals surface area contributed by atoms with E-state index in [0.29, 0.717) is 66.2 Å². The minimum atomic E-state index is -0.315. The number of carbonyl (C=O) groups is 2. The van der Waals surface area contributed by atoms with Crippen LogP contribution in [0.1, 0.15) is 34.6 Å². The molecule has 1 saturated heterocycles. The molecule has 2 aromatic carbocycles. The average Bonchev–Trinajstić information content (AvgIpc) is 2.86. The number of methoxy groups -OCH3 is 3. The maximum absolute atomic E-state index is 13.6. The molecule has 35 heavy (non-hydrogen) atoms. The van der Waals surface area contributed by atoms with Crippen LogP contribution in [0.25, 0.3) is 0 Å². The van der Waals surface area contributed by atoms with Gasteiger partial charge in [-0.1, -0.05) is 25.4 Å². The normalized spacial score (nSPS) is 15.6. The fourth-order valence-electron chi connectivity index (χ4n) is 4.10. The lowest BCUT2D eigenvalue weighted by Crippen LogP contribution is -2.51. The molecule has 0 N–H and O–H groups in total. The third kappa shape index (κ3) is 6.58. The van der Waals surface area contributed by atoms with Crippen LogP contribution in [0.5, 0.6) is 17.2 Å². The molecule has 1 aliphatic heterocycles. The van der Waals surface area contributed by atoms with E-state index in [1.165, 1.54) is 21.3 Å². The van der Waals surface area contributed by atoms with Gasteiger partial charge < -0.3 is 28.7 Å². The number of ether oxygens (including phenoxy) is 4. The molecular weight excluding hydrogens is 472 g/mol. The van der Waals surface area contributed by atoms with Crippen molar-refractivity contribution in [2.75, 3.05) is 54.1 Å². The number of rotatable bonds is 9. The van der Waals surface area contributed by atoms with Crippen molar-refractivity contribution in [1.82, 2.24) is 9.80 Å². The van der Waals surface area contributed by atoms with Gasteiger partial charge in [0.2, 0.25) is 5.75 Å². The van der Waals surface area contributed by atoms with Gasteiger partial charge in [-0.3, -0.25) is 9.59 Å². The predicted molar refractivity (Wildman–Crippen MR) is 134 cm³/mol. The molecule has 2 amide bonds. The summed E-state index contributed by atoms with van der Waals surface area (Å²) in [5.41, 5.74) is 0.993. The molecule has 8 nitrogen and oxygen atoms in total. The van der Waals surface area contributed by atoms with Crippen LogP contribution in [-0.2, 0) is 4.74 Å². The van der Waals surface area contributed by atoms with Crippen LogP contribution in [0.2, 0.25) is 5.02 Å². The Morgan fingerprint density at radius 1 is 1.06 bits per heavy atom. The summed E-state index contributed by atoms with van der Waals surface area (Å²) >= 11 is 5.95. The Morgan fingerprint density at radius 3 is 2.23 bits per heavy atom. The molecule has 0 saturated carbocycles. The summed E-state index contributed by atoms with van der Waals surface area (Å²) in [6, 6.07) is 10.1. The largest absolute Gasteiger partial charge is 0.493 e. The first kappa shape index (κ1) is 26.6. The van der Waals surface area contributed by atoms with E-state index in [-0.39, 0.29) is 23.8 Å².